The van der Waals surface area contributed by atoms with Gasteiger partial charge in [-0.15, -0.1) is 0 Å². The van der Waals surface area contributed by atoms with Gasteiger partial charge in [-0.1, -0.05) is 0 Å². The van der Waals surface area contributed by atoms with Crippen LogP contribution in [0.15, 0.2) is 39.9 Å². The molecule has 0 bridgehead atoms. The lowest BCUT2D eigenvalue weighted by atomic mass is 10.2. The third kappa shape index (κ3) is 4.04. The summed E-state index contributed by atoms with van der Waals surface area (Å²) in [5, 5.41) is 2.72. The van der Waals surface area contributed by atoms with E-state index in [1.807, 2.05) is 0 Å². The van der Waals surface area contributed by atoms with Crippen molar-refractivity contribution >= 4 is 17.7 Å². The third-order valence-electron chi connectivity index (χ3n) is 2.75. The molecule has 0 radical (unpaired) electrons. The summed E-state index contributed by atoms with van der Waals surface area (Å²) < 4.78 is 30.4. The maximum Gasteiger partial charge on any atom is 0.290 e. The normalized spacial score (nSPS) is 12.4. The molecule has 0 spiro atoms. The Balaban J connectivity index is 2.13. The number of amides is 1. The van der Waals surface area contributed by atoms with Crippen LogP contribution in [0.5, 0.6) is 0 Å². The van der Waals surface area contributed by atoms with E-state index in [2.05, 4.69) is 10.3 Å². The van der Waals surface area contributed by atoms with E-state index in [0.717, 1.165) is 5.76 Å². The number of carbonyl (C=O) groups excluding carboxylic acids is 1. The molecule has 4 nitrogen and oxygen atoms in total. The zero-order valence-corrected chi connectivity index (χ0v) is 12.3. The van der Waals surface area contributed by atoms with Gasteiger partial charge >= 0.3 is 0 Å². The molecular formula is C14H14F2N2O2S. The Bertz CT molecular complexity index is 631. The maximum absolute atomic E-state index is 12.5. The van der Waals surface area contributed by atoms with Crippen molar-refractivity contribution in [1.82, 2.24) is 10.3 Å². The van der Waals surface area contributed by atoms with E-state index < -0.39 is 11.7 Å². The first kappa shape index (κ1) is 15.5. The van der Waals surface area contributed by atoms with Crippen LogP contribution < -0.4 is 5.32 Å². The lowest BCUT2D eigenvalue weighted by Crippen LogP contribution is -2.27. The molecular weight excluding hydrogens is 298 g/mol. The van der Waals surface area contributed by atoms with Gasteiger partial charge in [-0.2, -0.15) is 8.78 Å². The van der Waals surface area contributed by atoms with Crippen LogP contribution in [0.2, 0.25) is 0 Å². The van der Waals surface area contributed by atoms with Crippen molar-refractivity contribution in [2.24, 2.45) is 0 Å². The number of rotatable bonds is 5. The summed E-state index contributed by atoms with van der Waals surface area (Å²) in [6.07, 6.45) is 1.38. The van der Waals surface area contributed by atoms with Crippen LogP contribution in [0.25, 0.3) is 0 Å². The number of carbonyl (C=O) groups is 1. The van der Waals surface area contributed by atoms with Crippen molar-refractivity contribution in [3.63, 3.8) is 0 Å². The Labute approximate surface area is 124 Å². The Morgan fingerprint density at radius 3 is 2.76 bits per heavy atom. The number of aromatic nitrogens is 1. The van der Waals surface area contributed by atoms with Crippen LogP contribution >= 0.6 is 11.8 Å². The van der Waals surface area contributed by atoms with E-state index in [-0.39, 0.29) is 28.4 Å². The second-order valence-electron chi connectivity index (χ2n) is 4.38. The molecule has 0 aliphatic heterocycles. The van der Waals surface area contributed by atoms with Gasteiger partial charge in [0.25, 0.3) is 11.7 Å². The molecule has 1 atom stereocenters. The number of thioether (sulfide) groups is 1. The van der Waals surface area contributed by atoms with Crippen LogP contribution in [0.3, 0.4) is 0 Å². The summed E-state index contributed by atoms with van der Waals surface area (Å²) in [5.41, 5.74) is 0.123. The molecule has 1 N–H and O–H groups in total. The van der Waals surface area contributed by atoms with Crippen LogP contribution in [0.4, 0.5) is 8.78 Å². The van der Waals surface area contributed by atoms with E-state index in [0.29, 0.717) is 5.76 Å². The molecule has 0 saturated heterocycles. The number of hydrogen-bond acceptors (Lipinski definition) is 4. The highest BCUT2D eigenvalue weighted by molar-refractivity contribution is 7.99. The zero-order valence-electron chi connectivity index (χ0n) is 11.5. The smallest absolute Gasteiger partial charge is 0.290 e. The first-order valence-corrected chi connectivity index (χ1v) is 7.12. The number of furan rings is 1. The summed E-state index contributed by atoms with van der Waals surface area (Å²) in [5.74, 6) is -1.75. The van der Waals surface area contributed by atoms with Gasteiger partial charge in [-0.25, -0.2) is 4.98 Å². The summed E-state index contributed by atoms with van der Waals surface area (Å²) in [6, 6.07) is 6.19. The molecule has 1 unspecified atom stereocenters. The monoisotopic (exact) mass is 312 g/mol. The molecule has 2 rings (SSSR count). The van der Waals surface area contributed by atoms with Crippen molar-refractivity contribution in [2.75, 3.05) is 0 Å². The average molecular weight is 312 g/mol. The van der Waals surface area contributed by atoms with Gasteiger partial charge in [-0.3, -0.25) is 4.79 Å². The topological polar surface area (TPSA) is 55.1 Å². The molecule has 0 saturated carbocycles. The molecule has 2 heterocycles. The quantitative estimate of drug-likeness (QED) is 0.854. The van der Waals surface area contributed by atoms with E-state index in [9.17, 15) is 13.6 Å². The first-order valence-electron chi connectivity index (χ1n) is 6.24. The second kappa shape index (κ2) is 6.71. The number of aryl methyl sites for hydroxylation is 1. The van der Waals surface area contributed by atoms with E-state index in [1.54, 1.807) is 26.0 Å². The van der Waals surface area contributed by atoms with E-state index >= 15 is 0 Å². The first-order chi connectivity index (χ1) is 9.97. The molecule has 0 aromatic carbocycles. The highest BCUT2D eigenvalue weighted by atomic mass is 32.2. The average Bonchev–Trinajstić information content (AvgIpc) is 2.85. The molecule has 0 aliphatic carbocycles. The minimum Gasteiger partial charge on any atom is -0.464 e. The van der Waals surface area contributed by atoms with Crippen molar-refractivity contribution < 1.29 is 18.0 Å². The fourth-order valence-electron chi connectivity index (χ4n) is 1.77. The van der Waals surface area contributed by atoms with Gasteiger partial charge in [-0.05, 0) is 49.9 Å². The fraction of sp³-hybridized carbons (Fsp3) is 0.286. The molecule has 0 fully saturated rings. The Morgan fingerprint density at radius 1 is 1.38 bits per heavy atom. The second-order valence-corrected chi connectivity index (χ2v) is 5.36. The highest BCUT2D eigenvalue weighted by Gasteiger charge is 2.19. The molecule has 1 amide bonds. The van der Waals surface area contributed by atoms with Gasteiger partial charge < -0.3 is 9.73 Å². The van der Waals surface area contributed by atoms with Gasteiger partial charge in [0, 0.05) is 6.20 Å². The van der Waals surface area contributed by atoms with Crippen LogP contribution in [0.1, 0.15) is 34.8 Å². The molecule has 2 aromatic heterocycles. The van der Waals surface area contributed by atoms with Crippen LogP contribution in [-0.4, -0.2) is 16.6 Å². The largest absolute Gasteiger partial charge is 0.464 e. The summed E-state index contributed by atoms with van der Waals surface area (Å²) in [6.45, 7) is 3.56. The number of alkyl halides is 2. The standard InChI is InChI=1S/C14H14F2N2O2S/c1-8-5-6-11(20-8)9(2)18-12(19)10-4-3-7-17-13(10)21-14(15)16/h3-7,9,14H,1-2H3,(H,18,19). The number of nitrogens with one attached hydrogen (secondary N) is 1. The maximum atomic E-state index is 12.5. The number of hydrogen-bond donors (Lipinski definition) is 1. The Kier molecular flexibility index (Phi) is 4.95. The van der Waals surface area contributed by atoms with Crippen molar-refractivity contribution in [2.45, 2.75) is 30.7 Å². The number of halogens is 2. The van der Waals surface area contributed by atoms with Gasteiger partial charge in [0.15, 0.2) is 0 Å². The summed E-state index contributed by atoms with van der Waals surface area (Å²) >= 11 is 0.252. The highest BCUT2D eigenvalue weighted by Crippen LogP contribution is 2.26. The van der Waals surface area contributed by atoms with Crippen molar-refractivity contribution in [3.8, 4) is 0 Å². The minimum absolute atomic E-state index is 0.00725. The van der Waals surface area contributed by atoms with E-state index in [1.165, 1.54) is 18.3 Å². The molecule has 7 heteroatoms. The van der Waals surface area contributed by atoms with Gasteiger partial charge in [0.05, 0.1) is 11.6 Å². The third-order valence-corrected chi connectivity index (χ3v) is 3.48. The van der Waals surface area contributed by atoms with Crippen molar-refractivity contribution in [3.05, 3.63) is 47.5 Å². The van der Waals surface area contributed by atoms with Crippen molar-refractivity contribution in [1.29, 1.82) is 0 Å². The van der Waals surface area contributed by atoms with Crippen LogP contribution in [-0.2, 0) is 0 Å². The van der Waals surface area contributed by atoms with Gasteiger partial charge in [0.2, 0.25) is 0 Å². The van der Waals surface area contributed by atoms with Crippen LogP contribution in [0, 0.1) is 6.92 Å². The lowest BCUT2D eigenvalue weighted by Gasteiger charge is -2.13. The minimum atomic E-state index is -2.63. The summed E-state index contributed by atoms with van der Waals surface area (Å²) in [7, 11) is 0. The lowest BCUT2D eigenvalue weighted by molar-refractivity contribution is 0.0931. The number of pyridine rings is 1. The SMILES string of the molecule is Cc1ccc(C(C)NC(=O)c2cccnc2SC(F)F)o1. The summed E-state index contributed by atoms with van der Waals surface area (Å²) in [4.78, 5) is 16.0. The molecule has 21 heavy (non-hydrogen) atoms. The number of nitrogens with zero attached hydrogens (tertiary/aromatic N) is 1. The Morgan fingerprint density at radius 2 is 2.14 bits per heavy atom. The predicted molar refractivity (Wildman–Crippen MR) is 75.4 cm³/mol. The molecule has 0 aliphatic rings. The molecule has 2 aromatic rings. The predicted octanol–water partition coefficient (Wildman–Crippen LogP) is 3.79. The van der Waals surface area contributed by atoms with Gasteiger partial charge in [0.1, 0.15) is 16.5 Å². The van der Waals surface area contributed by atoms with E-state index in [4.69, 9.17) is 4.42 Å². The molecule has 112 valence electrons. The zero-order chi connectivity index (χ0) is 15.4. The fourth-order valence-corrected chi connectivity index (χ4v) is 2.35. The Hall–Kier alpha value is -1.89.